The first-order valence-corrected chi connectivity index (χ1v) is 6.00. The van der Waals surface area contributed by atoms with Crippen LogP contribution < -0.4 is 4.52 Å². The molecule has 1 saturated heterocycles. The van der Waals surface area contributed by atoms with Gasteiger partial charge in [-0.2, -0.15) is 0 Å². The average molecular weight is 243 g/mol. The highest BCUT2D eigenvalue weighted by Gasteiger charge is 2.27. The molecule has 1 aliphatic rings. The second kappa shape index (κ2) is 5.92. The lowest BCUT2D eigenvalue weighted by Gasteiger charge is -2.02. The van der Waals surface area contributed by atoms with E-state index in [2.05, 4.69) is 0 Å². The summed E-state index contributed by atoms with van der Waals surface area (Å²) in [6.45, 7) is 1.21. The molecule has 86 valence electrons. The number of rotatable bonds is 5. The minimum absolute atomic E-state index is 0.113. The van der Waals surface area contributed by atoms with Crippen molar-refractivity contribution in [2.24, 2.45) is 0 Å². The van der Waals surface area contributed by atoms with E-state index < -0.39 is 14.5 Å². The maximum absolute atomic E-state index is 11.4. The van der Waals surface area contributed by atoms with E-state index in [1.54, 1.807) is 24.3 Å². The standard InChI is InChI=1S/C10H12O5P/c11-16(14-8-10-12-6-7-13-10)15-9-4-2-1-3-5-9/h1-5,10H,6-8H2/q+1. The Bertz CT molecular complexity index is 336. The lowest BCUT2D eigenvalue weighted by molar-refractivity contribution is -0.0685. The third-order valence-electron chi connectivity index (χ3n) is 1.93. The van der Waals surface area contributed by atoms with Gasteiger partial charge in [0.05, 0.1) is 13.2 Å². The predicted octanol–water partition coefficient (Wildman–Crippen LogP) is 2.11. The summed E-state index contributed by atoms with van der Waals surface area (Å²) in [6, 6.07) is 8.85. The summed E-state index contributed by atoms with van der Waals surface area (Å²) in [5, 5.41) is 0. The summed E-state index contributed by atoms with van der Waals surface area (Å²) in [6.07, 6.45) is -0.432. The van der Waals surface area contributed by atoms with Crippen LogP contribution in [-0.2, 0) is 18.6 Å². The summed E-state index contributed by atoms with van der Waals surface area (Å²) in [7, 11) is -2.18. The zero-order valence-electron chi connectivity index (χ0n) is 8.57. The molecule has 6 heteroatoms. The molecule has 16 heavy (non-hydrogen) atoms. The highest BCUT2D eigenvalue weighted by molar-refractivity contribution is 7.33. The summed E-state index contributed by atoms with van der Waals surface area (Å²) < 4.78 is 31.6. The van der Waals surface area contributed by atoms with E-state index in [1.807, 2.05) is 6.07 Å². The third kappa shape index (κ3) is 3.54. The maximum atomic E-state index is 11.4. The van der Waals surface area contributed by atoms with Crippen molar-refractivity contribution >= 4 is 8.25 Å². The van der Waals surface area contributed by atoms with Gasteiger partial charge >= 0.3 is 8.25 Å². The van der Waals surface area contributed by atoms with Gasteiger partial charge in [0, 0.05) is 4.57 Å². The largest absolute Gasteiger partial charge is 0.750 e. The predicted molar refractivity (Wildman–Crippen MR) is 56.3 cm³/mol. The molecule has 0 radical (unpaired) electrons. The Balaban J connectivity index is 1.72. The van der Waals surface area contributed by atoms with E-state index in [0.29, 0.717) is 19.0 Å². The van der Waals surface area contributed by atoms with Crippen LogP contribution >= 0.6 is 8.25 Å². The first kappa shape index (κ1) is 11.5. The fourth-order valence-corrected chi connectivity index (χ4v) is 1.81. The molecule has 0 aromatic heterocycles. The van der Waals surface area contributed by atoms with Crippen molar-refractivity contribution in [2.75, 3.05) is 19.8 Å². The molecule has 0 amide bonds. The van der Waals surface area contributed by atoms with E-state index >= 15 is 0 Å². The van der Waals surface area contributed by atoms with Gasteiger partial charge in [0.25, 0.3) is 0 Å². The van der Waals surface area contributed by atoms with Crippen LogP contribution in [0.1, 0.15) is 0 Å². The van der Waals surface area contributed by atoms with Crippen molar-refractivity contribution in [1.82, 2.24) is 0 Å². The molecule has 1 atom stereocenters. The smallest absolute Gasteiger partial charge is 0.348 e. The molecular formula is C10H12O5P+. The zero-order valence-corrected chi connectivity index (χ0v) is 9.47. The molecule has 0 spiro atoms. The normalized spacial score (nSPS) is 17.4. The fraction of sp³-hybridized carbons (Fsp3) is 0.400. The van der Waals surface area contributed by atoms with Gasteiger partial charge in [-0.05, 0) is 12.1 Å². The van der Waals surface area contributed by atoms with E-state index in [4.69, 9.17) is 18.5 Å². The van der Waals surface area contributed by atoms with Crippen LogP contribution in [0.2, 0.25) is 0 Å². The van der Waals surface area contributed by atoms with E-state index in [1.165, 1.54) is 0 Å². The van der Waals surface area contributed by atoms with Gasteiger partial charge in [0.15, 0.2) is 18.6 Å². The molecular weight excluding hydrogens is 231 g/mol. The van der Waals surface area contributed by atoms with Gasteiger partial charge < -0.3 is 9.47 Å². The monoisotopic (exact) mass is 243 g/mol. The Morgan fingerprint density at radius 1 is 1.25 bits per heavy atom. The summed E-state index contributed by atoms with van der Waals surface area (Å²) in [4.78, 5) is 0. The molecule has 1 aromatic rings. The maximum Gasteiger partial charge on any atom is 0.750 e. The van der Waals surface area contributed by atoms with Crippen LogP contribution in [0.3, 0.4) is 0 Å². The zero-order chi connectivity index (χ0) is 11.2. The van der Waals surface area contributed by atoms with Crippen molar-refractivity contribution in [2.45, 2.75) is 6.29 Å². The van der Waals surface area contributed by atoms with Gasteiger partial charge in [-0.25, -0.2) is 4.52 Å². The number of benzene rings is 1. The highest BCUT2D eigenvalue weighted by Crippen LogP contribution is 2.28. The Hall–Kier alpha value is -1.00. The Kier molecular flexibility index (Phi) is 4.25. The van der Waals surface area contributed by atoms with Crippen molar-refractivity contribution in [3.8, 4) is 5.75 Å². The fourth-order valence-electron chi connectivity index (χ4n) is 1.22. The number of para-hydroxylation sites is 1. The van der Waals surface area contributed by atoms with Crippen LogP contribution in [0.25, 0.3) is 0 Å². The lowest BCUT2D eigenvalue weighted by Crippen LogP contribution is -2.14. The molecule has 0 N–H and O–H groups in total. The van der Waals surface area contributed by atoms with E-state index in [0.717, 1.165) is 0 Å². The Labute approximate surface area is 94.2 Å². The van der Waals surface area contributed by atoms with Crippen LogP contribution in [0.4, 0.5) is 0 Å². The highest BCUT2D eigenvalue weighted by atomic mass is 31.1. The van der Waals surface area contributed by atoms with Gasteiger partial charge in [-0.1, -0.05) is 18.2 Å². The van der Waals surface area contributed by atoms with Gasteiger partial charge in [0.2, 0.25) is 0 Å². The number of hydrogen-bond donors (Lipinski definition) is 0. The lowest BCUT2D eigenvalue weighted by atomic mass is 10.3. The number of hydrogen-bond acceptors (Lipinski definition) is 5. The van der Waals surface area contributed by atoms with Crippen molar-refractivity contribution in [3.05, 3.63) is 30.3 Å². The van der Waals surface area contributed by atoms with Crippen molar-refractivity contribution in [1.29, 1.82) is 0 Å². The molecule has 0 aliphatic carbocycles. The van der Waals surface area contributed by atoms with Crippen molar-refractivity contribution < 1.29 is 23.1 Å². The second-order valence-corrected chi connectivity index (χ2v) is 3.98. The third-order valence-corrected chi connectivity index (χ3v) is 2.65. The molecule has 0 bridgehead atoms. The molecule has 2 rings (SSSR count). The summed E-state index contributed by atoms with van der Waals surface area (Å²) in [5.74, 6) is 0.511. The minimum Gasteiger partial charge on any atom is -0.348 e. The Morgan fingerprint density at radius 3 is 2.62 bits per heavy atom. The molecule has 1 fully saturated rings. The quantitative estimate of drug-likeness (QED) is 0.741. The topological polar surface area (TPSA) is 54.0 Å². The van der Waals surface area contributed by atoms with Gasteiger partial charge in [-0.3, -0.25) is 0 Å². The summed E-state index contributed by atoms with van der Waals surface area (Å²) in [5.41, 5.74) is 0. The SMILES string of the molecule is O=[P+](OCC1OCCO1)Oc1ccccc1. The molecule has 1 heterocycles. The van der Waals surface area contributed by atoms with E-state index in [-0.39, 0.29) is 6.61 Å². The minimum atomic E-state index is -2.18. The van der Waals surface area contributed by atoms with Gasteiger partial charge in [0.1, 0.15) is 0 Å². The molecule has 1 unspecified atom stereocenters. The average Bonchev–Trinajstić information content (AvgIpc) is 2.81. The summed E-state index contributed by atoms with van der Waals surface area (Å²) >= 11 is 0. The van der Waals surface area contributed by atoms with E-state index in [9.17, 15) is 4.57 Å². The van der Waals surface area contributed by atoms with Crippen LogP contribution in [0, 0.1) is 0 Å². The van der Waals surface area contributed by atoms with Crippen LogP contribution in [0.15, 0.2) is 30.3 Å². The number of ether oxygens (including phenoxy) is 2. The van der Waals surface area contributed by atoms with Crippen molar-refractivity contribution in [3.63, 3.8) is 0 Å². The molecule has 1 aliphatic heterocycles. The first-order valence-electron chi connectivity index (χ1n) is 4.91. The first-order chi connectivity index (χ1) is 7.84. The molecule has 1 aromatic carbocycles. The van der Waals surface area contributed by atoms with Crippen LogP contribution in [0.5, 0.6) is 5.75 Å². The van der Waals surface area contributed by atoms with Crippen LogP contribution in [-0.4, -0.2) is 26.1 Å². The van der Waals surface area contributed by atoms with Gasteiger partial charge in [-0.15, -0.1) is 4.52 Å². The second-order valence-electron chi connectivity index (χ2n) is 3.09. The molecule has 5 nitrogen and oxygen atoms in total. The Morgan fingerprint density at radius 2 is 1.94 bits per heavy atom. The molecule has 0 saturated carbocycles.